The number of amides is 1. The van der Waals surface area contributed by atoms with E-state index in [1.54, 1.807) is 4.90 Å². The minimum absolute atomic E-state index is 0.0532. The third-order valence-corrected chi connectivity index (χ3v) is 6.58. The van der Waals surface area contributed by atoms with Crippen molar-refractivity contribution in [1.82, 2.24) is 0 Å². The standard InChI is InChI=1S/C24H28BNO3/c1-8-16-9-12-21-19(13-16)15(2)18-11-10-17(14-20(18)22(27)26(21)7)25-28-23(3,4)24(5,6)29-25/h9-14H,2,8H2,1,3-7H3. The molecule has 0 N–H and O–H groups in total. The topological polar surface area (TPSA) is 38.8 Å². The summed E-state index contributed by atoms with van der Waals surface area (Å²) in [7, 11) is 1.31. The zero-order valence-corrected chi connectivity index (χ0v) is 18.1. The maximum Gasteiger partial charge on any atom is 0.494 e. The fourth-order valence-electron chi connectivity index (χ4n) is 3.90. The first kappa shape index (κ1) is 19.9. The summed E-state index contributed by atoms with van der Waals surface area (Å²) in [6.45, 7) is 14.6. The van der Waals surface area contributed by atoms with Gasteiger partial charge in [0.1, 0.15) is 0 Å². The highest BCUT2D eigenvalue weighted by Crippen LogP contribution is 2.39. The Morgan fingerprint density at radius 1 is 0.966 bits per heavy atom. The van der Waals surface area contributed by atoms with Gasteiger partial charge in [0.25, 0.3) is 5.91 Å². The van der Waals surface area contributed by atoms with E-state index in [0.29, 0.717) is 5.56 Å². The molecule has 2 aliphatic rings. The van der Waals surface area contributed by atoms with Gasteiger partial charge in [-0.15, -0.1) is 0 Å². The lowest BCUT2D eigenvalue weighted by molar-refractivity contribution is 0.00578. The van der Waals surface area contributed by atoms with Crippen LogP contribution in [0.4, 0.5) is 5.69 Å². The van der Waals surface area contributed by atoms with Crippen molar-refractivity contribution >= 4 is 29.7 Å². The van der Waals surface area contributed by atoms with Crippen LogP contribution in [0.15, 0.2) is 43.0 Å². The predicted octanol–water partition coefficient (Wildman–Crippen LogP) is 4.20. The molecule has 0 radical (unpaired) electrons. The number of hydrogen-bond donors (Lipinski definition) is 0. The van der Waals surface area contributed by atoms with Crippen molar-refractivity contribution in [3.05, 3.63) is 65.2 Å². The maximum atomic E-state index is 13.3. The quantitative estimate of drug-likeness (QED) is 0.723. The molecule has 0 aliphatic carbocycles. The molecule has 1 amide bonds. The Kier molecular flexibility index (Phi) is 4.52. The van der Waals surface area contributed by atoms with Gasteiger partial charge in [0, 0.05) is 18.2 Å². The third-order valence-electron chi connectivity index (χ3n) is 6.58. The average Bonchev–Trinajstić information content (AvgIpc) is 2.88. The highest BCUT2D eigenvalue weighted by atomic mass is 16.7. The van der Waals surface area contributed by atoms with Crippen molar-refractivity contribution in [3.63, 3.8) is 0 Å². The third kappa shape index (κ3) is 3.04. The van der Waals surface area contributed by atoms with E-state index >= 15 is 0 Å². The van der Waals surface area contributed by atoms with Gasteiger partial charge >= 0.3 is 7.12 Å². The molecule has 2 aromatic carbocycles. The van der Waals surface area contributed by atoms with Crippen molar-refractivity contribution < 1.29 is 14.1 Å². The fraction of sp³-hybridized carbons (Fsp3) is 0.375. The molecule has 0 unspecified atom stereocenters. The van der Waals surface area contributed by atoms with Gasteiger partial charge in [0.05, 0.1) is 16.9 Å². The minimum Gasteiger partial charge on any atom is -0.399 e. The highest BCUT2D eigenvalue weighted by molar-refractivity contribution is 6.62. The van der Waals surface area contributed by atoms with Crippen LogP contribution in [0, 0.1) is 0 Å². The number of fused-ring (bicyclic) bond motifs is 2. The molecular weight excluding hydrogens is 361 g/mol. The molecule has 0 saturated carbocycles. The summed E-state index contributed by atoms with van der Waals surface area (Å²) in [5, 5.41) is 0. The SMILES string of the molecule is C=C1c2ccc(B3OC(C)(C)C(C)(C)O3)cc2C(=O)N(C)c2ccc(CC)cc21. The van der Waals surface area contributed by atoms with E-state index in [1.807, 2.05) is 59.0 Å². The van der Waals surface area contributed by atoms with Gasteiger partial charge in [-0.3, -0.25) is 4.79 Å². The second kappa shape index (κ2) is 6.58. The summed E-state index contributed by atoms with van der Waals surface area (Å²) in [5.41, 5.74) is 5.44. The molecule has 4 nitrogen and oxygen atoms in total. The molecular formula is C24H28BNO3. The molecule has 2 aliphatic heterocycles. The van der Waals surface area contributed by atoms with E-state index in [0.717, 1.165) is 34.3 Å². The smallest absolute Gasteiger partial charge is 0.399 e. The van der Waals surface area contributed by atoms with Crippen LogP contribution in [0.3, 0.4) is 0 Å². The first-order valence-corrected chi connectivity index (χ1v) is 10.2. The molecule has 0 aromatic heterocycles. The number of aryl methyl sites for hydroxylation is 1. The number of anilines is 1. The summed E-state index contributed by atoms with van der Waals surface area (Å²) >= 11 is 0. The zero-order valence-electron chi connectivity index (χ0n) is 18.1. The van der Waals surface area contributed by atoms with E-state index in [9.17, 15) is 4.79 Å². The Morgan fingerprint density at radius 2 is 1.62 bits per heavy atom. The molecule has 5 heteroatoms. The highest BCUT2D eigenvalue weighted by Gasteiger charge is 2.51. The van der Waals surface area contributed by atoms with E-state index in [4.69, 9.17) is 9.31 Å². The van der Waals surface area contributed by atoms with Crippen molar-refractivity contribution in [1.29, 1.82) is 0 Å². The Morgan fingerprint density at radius 3 is 2.24 bits per heavy atom. The molecule has 0 atom stereocenters. The lowest BCUT2D eigenvalue weighted by Gasteiger charge is -2.32. The van der Waals surface area contributed by atoms with Crippen molar-refractivity contribution in [2.24, 2.45) is 0 Å². The average molecular weight is 389 g/mol. The first-order valence-electron chi connectivity index (χ1n) is 10.2. The maximum absolute atomic E-state index is 13.3. The normalized spacial score (nSPS) is 19.8. The lowest BCUT2D eigenvalue weighted by atomic mass is 9.77. The molecule has 4 rings (SSSR count). The number of carbonyl (C=O) groups is 1. The van der Waals surface area contributed by atoms with Crippen molar-refractivity contribution in [2.75, 3.05) is 11.9 Å². The van der Waals surface area contributed by atoms with Crippen LogP contribution in [0.25, 0.3) is 5.57 Å². The van der Waals surface area contributed by atoms with Gasteiger partial charge in [0.15, 0.2) is 0 Å². The zero-order chi connectivity index (χ0) is 21.1. The van der Waals surface area contributed by atoms with Crippen LogP contribution in [-0.4, -0.2) is 31.3 Å². The van der Waals surface area contributed by atoms with Gasteiger partial charge in [-0.25, -0.2) is 0 Å². The van der Waals surface area contributed by atoms with E-state index < -0.39 is 18.3 Å². The molecule has 1 fully saturated rings. The molecule has 2 aromatic rings. The van der Waals surface area contributed by atoms with Gasteiger partial charge in [0.2, 0.25) is 0 Å². The Labute approximate surface area is 173 Å². The van der Waals surface area contributed by atoms with Crippen LogP contribution in [0.5, 0.6) is 0 Å². The molecule has 1 saturated heterocycles. The van der Waals surface area contributed by atoms with Crippen LogP contribution < -0.4 is 10.4 Å². The molecule has 0 bridgehead atoms. The predicted molar refractivity (Wildman–Crippen MR) is 119 cm³/mol. The largest absolute Gasteiger partial charge is 0.494 e. The van der Waals surface area contributed by atoms with Crippen molar-refractivity contribution in [2.45, 2.75) is 52.2 Å². The van der Waals surface area contributed by atoms with E-state index in [-0.39, 0.29) is 5.91 Å². The molecule has 150 valence electrons. The van der Waals surface area contributed by atoms with Gasteiger partial charge < -0.3 is 14.2 Å². The summed E-state index contributed by atoms with van der Waals surface area (Å²) in [5.74, 6) is -0.0532. The Bertz CT molecular complexity index is 1010. The lowest BCUT2D eigenvalue weighted by Crippen LogP contribution is -2.41. The van der Waals surface area contributed by atoms with Gasteiger partial charge in [-0.1, -0.05) is 31.7 Å². The van der Waals surface area contributed by atoms with Crippen LogP contribution in [0.1, 0.15) is 61.7 Å². The Hall–Kier alpha value is -2.37. The number of rotatable bonds is 2. The van der Waals surface area contributed by atoms with E-state index in [2.05, 4.69) is 25.6 Å². The fourth-order valence-corrected chi connectivity index (χ4v) is 3.90. The number of benzene rings is 2. The molecule has 2 heterocycles. The number of nitrogens with zero attached hydrogens (tertiary/aromatic N) is 1. The van der Waals surface area contributed by atoms with Crippen LogP contribution in [-0.2, 0) is 15.7 Å². The molecule has 29 heavy (non-hydrogen) atoms. The van der Waals surface area contributed by atoms with Crippen LogP contribution in [0.2, 0.25) is 0 Å². The number of hydrogen-bond acceptors (Lipinski definition) is 3. The van der Waals surface area contributed by atoms with Gasteiger partial charge in [-0.2, -0.15) is 0 Å². The summed E-state index contributed by atoms with van der Waals surface area (Å²) in [6.07, 6.45) is 0.936. The van der Waals surface area contributed by atoms with E-state index in [1.165, 1.54) is 5.56 Å². The summed E-state index contributed by atoms with van der Waals surface area (Å²) in [4.78, 5) is 15.0. The summed E-state index contributed by atoms with van der Waals surface area (Å²) in [6, 6.07) is 12.1. The van der Waals surface area contributed by atoms with Crippen molar-refractivity contribution in [3.8, 4) is 0 Å². The molecule has 0 spiro atoms. The minimum atomic E-state index is -0.506. The van der Waals surface area contributed by atoms with Gasteiger partial charge in [-0.05, 0) is 74.5 Å². The second-order valence-electron chi connectivity index (χ2n) is 8.94. The van der Waals surface area contributed by atoms with Crippen LogP contribution >= 0.6 is 0 Å². The number of carbonyl (C=O) groups excluding carboxylic acids is 1. The Balaban J connectivity index is 1.80. The first-order chi connectivity index (χ1) is 13.6. The summed E-state index contributed by atoms with van der Waals surface area (Å²) < 4.78 is 12.4. The monoisotopic (exact) mass is 389 g/mol. The second-order valence-corrected chi connectivity index (χ2v) is 8.94.